The summed E-state index contributed by atoms with van der Waals surface area (Å²) in [5.74, 6) is -0.268. The Kier molecular flexibility index (Phi) is 4.98. The maximum atomic E-state index is 11.3. The summed E-state index contributed by atoms with van der Waals surface area (Å²) >= 11 is 3.31. The molecule has 0 heterocycles. The third-order valence-electron chi connectivity index (χ3n) is 2.19. The van der Waals surface area contributed by atoms with Crippen molar-refractivity contribution in [2.24, 2.45) is 0 Å². The predicted molar refractivity (Wildman–Crippen MR) is 68.8 cm³/mol. The molecule has 5 heteroatoms. The van der Waals surface area contributed by atoms with Crippen molar-refractivity contribution in [2.75, 3.05) is 25.1 Å². The normalized spacial score (nSPS) is 9.53. The fraction of sp³-hybridized carbons (Fsp3) is 0.333. The number of carbonyl (C=O) groups excluding carboxylic acids is 1. The molecule has 0 saturated heterocycles. The fourth-order valence-electron chi connectivity index (χ4n) is 1.32. The molecule has 0 atom stereocenters. The van der Waals surface area contributed by atoms with Gasteiger partial charge in [0.05, 0.1) is 12.2 Å². The third-order valence-corrected chi connectivity index (χ3v) is 2.84. The lowest BCUT2D eigenvalue weighted by molar-refractivity contribution is -0.141. The molecule has 1 rings (SSSR count). The Hall–Kier alpha value is -1.54. The van der Waals surface area contributed by atoms with Crippen LogP contribution in [0.2, 0.25) is 0 Å². The second-order valence-corrected chi connectivity index (χ2v) is 4.29. The number of nitriles is 1. The van der Waals surface area contributed by atoms with Crippen molar-refractivity contribution in [3.05, 3.63) is 28.2 Å². The van der Waals surface area contributed by atoms with Crippen molar-refractivity contribution in [3.63, 3.8) is 0 Å². The molecule has 0 amide bonds. The summed E-state index contributed by atoms with van der Waals surface area (Å²) in [6.45, 7) is 2.34. The molecule has 0 aliphatic heterocycles. The van der Waals surface area contributed by atoms with Crippen LogP contribution in [0.3, 0.4) is 0 Å². The zero-order valence-electron chi connectivity index (χ0n) is 9.74. The van der Waals surface area contributed by atoms with Gasteiger partial charge in [0.1, 0.15) is 12.6 Å². The number of benzene rings is 1. The molecule has 0 aromatic heterocycles. The van der Waals surface area contributed by atoms with E-state index in [1.807, 2.05) is 0 Å². The van der Waals surface area contributed by atoms with Gasteiger partial charge in [0.15, 0.2) is 0 Å². The number of esters is 1. The van der Waals surface area contributed by atoms with Gasteiger partial charge in [-0.1, -0.05) is 0 Å². The zero-order valence-corrected chi connectivity index (χ0v) is 11.3. The number of anilines is 1. The van der Waals surface area contributed by atoms with Crippen LogP contribution in [0.5, 0.6) is 0 Å². The van der Waals surface area contributed by atoms with Crippen molar-refractivity contribution < 1.29 is 9.53 Å². The maximum Gasteiger partial charge on any atom is 0.325 e. The van der Waals surface area contributed by atoms with Gasteiger partial charge >= 0.3 is 5.97 Å². The van der Waals surface area contributed by atoms with E-state index in [2.05, 4.69) is 22.0 Å². The van der Waals surface area contributed by atoms with E-state index in [0.29, 0.717) is 16.6 Å². The summed E-state index contributed by atoms with van der Waals surface area (Å²) in [7, 11) is 1.80. The summed E-state index contributed by atoms with van der Waals surface area (Å²) in [5, 5.41) is 8.80. The first-order valence-corrected chi connectivity index (χ1v) is 5.94. The van der Waals surface area contributed by atoms with Gasteiger partial charge in [-0.15, -0.1) is 0 Å². The monoisotopic (exact) mass is 296 g/mol. The lowest BCUT2D eigenvalue weighted by atomic mass is 10.2. The lowest BCUT2D eigenvalue weighted by Crippen LogP contribution is -2.27. The van der Waals surface area contributed by atoms with Crippen LogP contribution in [0.15, 0.2) is 22.7 Å². The quantitative estimate of drug-likeness (QED) is 0.800. The summed E-state index contributed by atoms with van der Waals surface area (Å²) < 4.78 is 5.58. The first kappa shape index (κ1) is 13.5. The number of halogens is 1. The maximum absolute atomic E-state index is 11.3. The van der Waals surface area contributed by atoms with Crippen LogP contribution in [0.1, 0.15) is 12.5 Å². The van der Waals surface area contributed by atoms with Gasteiger partial charge in [-0.05, 0) is 41.1 Å². The third kappa shape index (κ3) is 3.75. The fourth-order valence-corrected chi connectivity index (χ4v) is 1.78. The molecule has 0 N–H and O–H groups in total. The Morgan fingerprint density at radius 2 is 2.29 bits per heavy atom. The van der Waals surface area contributed by atoms with Gasteiger partial charge in [0, 0.05) is 17.2 Å². The molecule has 90 valence electrons. The van der Waals surface area contributed by atoms with E-state index in [1.165, 1.54) is 0 Å². The number of carbonyl (C=O) groups is 1. The van der Waals surface area contributed by atoms with Crippen molar-refractivity contribution in [1.29, 1.82) is 5.26 Å². The number of hydrogen-bond acceptors (Lipinski definition) is 4. The van der Waals surface area contributed by atoms with E-state index in [1.54, 1.807) is 37.1 Å². The van der Waals surface area contributed by atoms with Crippen LogP contribution >= 0.6 is 15.9 Å². The predicted octanol–water partition coefficient (Wildman–Crippen LogP) is 2.32. The Morgan fingerprint density at radius 1 is 1.59 bits per heavy atom. The number of rotatable bonds is 4. The highest BCUT2D eigenvalue weighted by Gasteiger charge is 2.09. The Bertz CT molecular complexity index is 454. The topological polar surface area (TPSA) is 53.3 Å². The van der Waals surface area contributed by atoms with E-state index >= 15 is 0 Å². The highest BCUT2D eigenvalue weighted by atomic mass is 79.9. The van der Waals surface area contributed by atoms with Gasteiger partial charge in [-0.25, -0.2) is 0 Å². The van der Waals surface area contributed by atoms with Gasteiger partial charge in [-0.2, -0.15) is 5.26 Å². The standard InChI is InChI=1S/C12H13BrN2O2/c1-3-17-12(16)8-15(2)10-5-4-9(7-14)11(13)6-10/h4-6H,3,8H2,1-2H3. The van der Waals surface area contributed by atoms with Gasteiger partial charge < -0.3 is 9.64 Å². The summed E-state index contributed by atoms with van der Waals surface area (Å²) in [5.41, 5.74) is 1.42. The average Bonchev–Trinajstić information content (AvgIpc) is 2.29. The number of ether oxygens (including phenoxy) is 1. The summed E-state index contributed by atoms with van der Waals surface area (Å²) in [6, 6.07) is 7.37. The molecule has 0 saturated carbocycles. The molecule has 0 aliphatic carbocycles. The van der Waals surface area contributed by atoms with Crippen LogP contribution in [0.4, 0.5) is 5.69 Å². The van der Waals surface area contributed by atoms with Crippen molar-refractivity contribution in [2.45, 2.75) is 6.92 Å². The van der Waals surface area contributed by atoms with Crippen LogP contribution < -0.4 is 4.90 Å². The van der Waals surface area contributed by atoms with Crippen LogP contribution in [-0.2, 0) is 9.53 Å². The molecule has 4 nitrogen and oxygen atoms in total. The van der Waals surface area contributed by atoms with Crippen molar-refractivity contribution >= 4 is 27.6 Å². The molecule has 0 radical (unpaired) electrons. The smallest absolute Gasteiger partial charge is 0.325 e. The van der Waals surface area contributed by atoms with E-state index in [9.17, 15) is 4.79 Å². The Morgan fingerprint density at radius 3 is 2.82 bits per heavy atom. The van der Waals surface area contributed by atoms with Gasteiger partial charge in [-0.3, -0.25) is 4.79 Å². The zero-order chi connectivity index (χ0) is 12.8. The van der Waals surface area contributed by atoms with Crippen molar-refractivity contribution in [1.82, 2.24) is 0 Å². The lowest BCUT2D eigenvalue weighted by Gasteiger charge is -2.18. The molecule has 0 bridgehead atoms. The van der Waals surface area contributed by atoms with Crippen LogP contribution in [0, 0.1) is 11.3 Å². The highest BCUT2D eigenvalue weighted by molar-refractivity contribution is 9.10. The van der Waals surface area contributed by atoms with Crippen LogP contribution in [-0.4, -0.2) is 26.2 Å². The summed E-state index contributed by atoms with van der Waals surface area (Å²) in [4.78, 5) is 13.1. The van der Waals surface area contributed by atoms with E-state index in [0.717, 1.165) is 5.69 Å². The number of likely N-dealkylation sites (N-methyl/N-ethyl adjacent to an activating group) is 1. The number of hydrogen-bond donors (Lipinski definition) is 0. The van der Waals surface area contributed by atoms with Gasteiger partial charge in [0.25, 0.3) is 0 Å². The molecule has 0 aliphatic rings. The van der Waals surface area contributed by atoms with Crippen molar-refractivity contribution in [3.8, 4) is 6.07 Å². The molecule has 1 aromatic rings. The minimum atomic E-state index is -0.268. The first-order chi connectivity index (χ1) is 8.08. The van der Waals surface area contributed by atoms with E-state index in [-0.39, 0.29) is 12.5 Å². The first-order valence-electron chi connectivity index (χ1n) is 5.15. The molecule has 1 aromatic carbocycles. The minimum absolute atomic E-state index is 0.187. The molecule has 0 unspecified atom stereocenters. The summed E-state index contributed by atoms with van der Waals surface area (Å²) in [6.07, 6.45) is 0. The molecule has 17 heavy (non-hydrogen) atoms. The van der Waals surface area contributed by atoms with Crippen LogP contribution in [0.25, 0.3) is 0 Å². The second-order valence-electron chi connectivity index (χ2n) is 3.44. The molecular weight excluding hydrogens is 284 g/mol. The molecular formula is C12H13BrN2O2. The Balaban J connectivity index is 2.76. The second kappa shape index (κ2) is 6.26. The largest absolute Gasteiger partial charge is 0.465 e. The Labute approximate surface area is 109 Å². The van der Waals surface area contributed by atoms with E-state index in [4.69, 9.17) is 10.00 Å². The average molecular weight is 297 g/mol. The molecule has 0 fully saturated rings. The highest BCUT2D eigenvalue weighted by Crippen LogP contribution is 2.22. The van der Waals surface area contributed by atoms with E-state index < -0.39 is 0 Å². The minimum Gasteiger partial charge on any atom is -0.465 e. The van der Waals surface area contributed by atoms with Gasteiger partial charge in [0.2, 0.25) is 0 Å². The SMILES string of the molecule is CCOC(=O)CN(C)c1ccc(C#N)c(Br)c1. The number of nitrogens with zero attached hydrogens (tertiary/aromatic N) is 2. The molecule has 0 spiro atoms.